The second kappa shape index (κ2) is 8.47. The Hall–Kier alpha value is -3.17. The molecule has 6 heteroatoms. The predicted molar refractivity (Wildman–Crippen MR) is 102 cm³/mol. The topological polar surface area (TPSA) is 63.0 Å². The normalized spacial score (nSPS) is 10.3. The number of rotatable bonds is 6. The number of hydrogen-bond acceptors (Lipinski definition) is 5. The third-order valence-electron chi connectivity index (χ3n) is 3.87. The maximum absolute atomic E-state index is 13.0. The Morgan fingerprint density at radius 3 is 2.44 bits per heavy atom. The van der Waals surface area contributed by atoms with E-state index in [1.165, 1.54) is 36.0 Å². The highest BCUT2D eigenvalue weighted by Crippen LogP contribution is 2.27. The molecule has 0 saturated heterocycles. The summed E-state index contributed by atoms with van der Waals surface area (Å²) < 4.78 is 18.1. The molecule has 0 radical (unpaired) electrons. The van der Waals surface area contributed by atoms with Crippen molar-refractivity contribution in [2.45, 2.75) is 5.03 Å². The van der Waals surface area contributed by atoms with Crippen LogP contribution in [0.4, 0.5) is 4.39 Å². The van der Waals surface area contributed by atoms with E-state index in [2.05, 4.69) is 11.1 Å². The molecule has 0 aliphatic carbocycles. The molecular weight excluding hydrogens is 363 g/mol. The van der Waals surface area contributed by atoms with E-state index in [-0.39, 0.29) is 17.4 Å². The molecule has 0 unspecified atom stereocenters. The number of carbonyl (C=O) groups is 1. The molecule has 0 atom stereocenters. The Balaban J connectivity index is 1.80. The summed E-state index contributed by atoms with van der Waals surface area (Å²) in [5.41, 5.74) is 2.42. The number of carbonyl (C=O) groups excluding carboxylic acids is 1. The van der Waals surface area contributed by atoms with Crippen LogP contribution in [0.15, 0.2) is 65.7 Å². The van der Waals surface area contributed by atoms with Crippen molar-refractivity contribution in [3.63, 3.8) is 0 Å². The van der Waals surface area contributed by atoms with Crippen LogP contribution < -0.4 is 4.74 Å². The highest BCUT2D eigenvalue weighted by atomic mass is 32.2. The molecule has 1 aromatic heterocycles. The minimum absolute atomic E-state index is 0.110. The van der Waals surface area contributed by atoms with E-state index in [0.29, 0.717) is 21.8 Å². The number of thioether (sulfide) groups is 1. The summed E-state index contributed by atoms with van der Waals surface area (Å²) in [5, 5.41) is 9.80. The molecule has 1 heterocycles. The first kappa shape index (κ1) is 18.6. The predicted octanol–water partition coefficient (Wildman–Crippen LogP) is 4.74. The minimum atomic E-state index is -0.389. The maximum Gasteiger partial charge on any atom is 0.173 e. The number of nitrogens with zero attached hydrogens (tertiary/aromatic N) is 2. The Morgan fingerprint density at radius 2 is 1.81 bits per heavy atom. The molecule has 0 aliphatic heterocycles. The average Bonchev–Trinajstić information content (AvgIpc) is 2.72. The number of pyridine rings is 1. The van der Waals surface area contributed by atoms with Gasteiger partial charge in [0.25, 0.3) is 0 Å². The summed E-state index contributed by atoms with van der Waals surface area (Å²) in [6.07, 6.45) is 0. The molecular formula is C21H15FN2O2S. The Labute approximate surface area is 160 Å². The summed E-state index contributed by atoms with van der Waals surface area (Å²) in [4.78, 5) is 16.8. The number of benzene rings is 2. The molecule has 0 saturated carbocycles. The van der Waals surface area contributed by atoms with Gasteiger partial charge in [0.05, 0.1) is 24.1 Å². The number of nitriles is 1. The molecule has 4 nitrogen and oxygen atoms in total. The second-order valence-electron chi connectivity index (χ2n) is 5.61. The highest BCUT2D eigenvalue weighted by molar-refractivity contribution is 8.00. The number of ether oxygens (including phenoxy) is 1. The summed E-state index contributed by atoms with van der Waals surface area (Å²) in [6, 6.07) is 18.4. The van der Waals surface area contributed by atoms with Crippen molar-refractivity contribution >= 4 is 17.5 Å². The quantitative estimate of drug-likeness (QED) is 0.458. The van der Waals surface area contributed by atoms with Crippen LogP contribution in [0.2, 0.25) is 0 Å². The SMILES string of the molecule is COc1ccc(-c2ccc(C#N)c(SCC(=O)c3ccc(F)cc3)n2)cc1. The molecule has 0 aliphatic rings. The Kier molecular flexibility index (Phi) is 5.84. The smallest absolute Gasteiger partial charge is 0.173 e. The molecule has 134 valence electrons. The second-order valence-corrected chi connectivity index (χ2v) is 6.57. The Bertz CT molecular complexity index is 996. The zero-order valence-corrected chi connectivity index (χ0v) is 15.3. The van der Waals surface area contributed by atoms with Crippen LogP contribution in [0.5, 0.6) is 5.75 Å². The Morgan fingerprint density at radius 1 is 1.11 bits per heavy atom. The van der Waals surface area contributed by atoms with Gasteiger partial charge in [-0.2, -0.15) is 5.26 Å². The van der Waals surface area contributed by atoms with Crippen molar-refractivity contribution in [1.82, 2.24) is 4.98 Å². The van der Waals surface area contributed by atoms with Crippen molar-refractivity contribution in [1.29, 1.82) is 5.26 Å². The number of hydrogen-bond donors (Lipinski definition) is 0. The lowest BCUT2D eigenvalue weighted by Gasteiger charge is -2.07. The van der Waals surface area contributed by atoms with Crippen molar-refractivity contribution in [3.8, 4) is 23.1 Å². The first-order chi connectivity index (χ1) is 13.1. The number of ketones is 1. The van der Waals surface area contributed by atoms with E-state index in [0.717, 1.165) is 11.3 Å². The van der Waals surface area contributed by atoms with Crippen molar-refractivity contribution in [3.05, 3.63) is 77.6 Å². The van der Waals surface area contributed by atoms with E-state index in [9.17, 15) is 14.4 Å². The summed E-state index contributed by atoms with van der Waals surface area (Å²) in [5.74, 6) is 0.312. The molecule has 3 aromatic rings. The summed E-state index contributed by atoms with van der Waals surface area (Å²) >= 11 is 1.19. The van der Waals surface area contributed by atoms with Gasteiger partial charge in [-0.3, -0.25) is 4.79 Å². The molecule has 0 spiro atoms. The van der Waals surface area contributed by atoms with Gasteiger partial charge >= 0.3 is 0 Å². The van der Waals surface area contributed by atoms with Gasteiger partial charge in [0.2, 0.25) is 0 Å². The number of halogens is 1. The first-order valence-corrected chi connectivity index (χ1v) is 9.06. The van der Waals surface area contributed by atoms with Crippen molar-refractivity contribution in [2.24, 2.45) is 0 Å². The van der Waals surface area contributed by atoms with Gasteiger partial charge in [-0.15, -0.1) is 0 Å². The lowest BCUT2D eigenvalue weighted by atomic mass is 10.1. The van der Waals surface area contributed by atoms with Gasteiger partial charge < -0.3 is 4.74 Å². The molecule has 0 bridgehead atoms. The average molecular weight is 378 g/mol. The fourth-order valence-electron chi connectivity index (χ4n) is 2.41. The number of methoxy groups -OCH3 is 1. The minimum Gasteiger partial charge on any atom is -0.497 e. The van der Waals surface area contributed by atoms with Crippen LogP contribution in [0.1, 0.15) is 15.9 Å². The molecule has 0 fully saturated rings. The van der Waals surface area contributed by atoms with Crippen LogP contribution in [0.25, 0.3) is 11.3 Å². The van der Waals surface area contributed by atoms with Gasteiger partial charge in [-0.05, 0) is 60.7 Å². The van der Waals surface area contributed by atoms with Gasteiger partial charge in [-0.1, -0.05) is 11.8 Å². The first-order valence-electron chi connectivity index (χ1n) is 8.08. The summed E-state index contributed by atoms with van der Waals surface area (Å²) in [6.45, 7) is 0. The van der Waals surface area contributed by atoms with Crippen LogP contribution in [0.3, 0.4) is 0 Å². The molecule has 0 amide bonds. The van der Waals surface area contributed by atoms with Crippen LogP contribution in [-0.4, -0.2) is 23.6 Å². The number of Topliss-reactive ketones (excluding diaryl/α,β-unsaturated/α-hetero) is 1. The molecule has 3 rings (SSSR count). The number of aromatic nitrogens is 1. The lowest BCUT2D eigenvalue weighted by molar-refractivity contribution is 0.102. The highest BCUT2D eigenvalue weighted by Gasteiger charge is 2.12. The molecule has 27 heavy (non-hydrogen) atoms. The van der Waals surface area contributed by atoms with Crippen LogP contribution in [0, 0.1) is 17.1 Å². The van der Waals surface area contributed by atoms with E-state index in [4.69, 9.17) is 4.74 Å². The van der Waals surface area contributed by atoms with Gasteiger partial charge in [0.15, 0.2) is 5.78 Å². The van der Waals surface area contributed by atoms with E-state index in [1.54, 1.807) is 19.2 Å². The molecule has 2 aromatic carbocycles. The lowest BCUT2D eigenvalue weighted by Crippen LogP contribution is -2.03. The monoisotopic (exact) mass is 378 g/mol. The fraction of sp³-hybridized carbons (Fsp3) is 0.0952. The third kappa shape index (κ3) is 4.52. The van der Waals surface area contributed by atoms with Gasteiger partial charge in [-0.25, -0.2) is 9.37 Å². The standard InChI is InChI=1S/C21H15FN2O2S/c1-26-18-9-4-14(5-10-18)19-11-6-16(12-23)21(24-19)27-13-20(25)15-2-7-17(22)8-3-15/h2-11H,13H2,1H3. The van der Waals surface area contributed by atoms with Gasteiger partial charge in [0.1, 0.15) is 22.7 Å². The zero-order valence-electron chi connectivity index (χ0n) is 14.5. The van der Waals surface area contributed by atoms with E-state index in [1.807, 2.05) is 24.3 Å². The van der Waals surface area contributed by atoms with E-state index < -0.39 is 0 Å². The van der Waals surface area contributed by atoms with Crippen molar-refractivity contribution < 1.29 is 13.9 Å². The van der Waals surface area contributed by atoms with Crippen LogP contribution in [-0.2, 0) is 0 Å². The molecule has 0 N–H and O–H groups in total. The largest absolute Gasteiger partial charge is 0.497 e. The van der Waals surface area contributed by atoms with Gasteiger partial charge in [0, 0.05) is 11.1 Å². The van der Waals surface area contributed by atoms with Crippen molar-refractivity contribution in [2.75, 3.05) is 12.9 Å². The zero-order chi connectivity index (χ0) is 19.2. The van der Waals surface area contributed by atoms with E-state index >= 15 is 0 Å². The maximum atomic E-state index is 13.0. The van der Waals surface area contributed by atoms with Crippen LogP contribution >= 0.6 is 11.8 Å². The fourth-order valence-corrected chi connectivity index (χ4v) is 3.28. The summed E-state index contributed by atoms with van der Waals surface area (Å²) in [7, 11) is 1.60. The third-order valence-corrected chi connectivity index (χ3v) is 4.86.